The van der Waals surface area contributed by atoms with Gasteiger partial charge in [0.1, 0.15) is 0 Å². The summed E-state index contributed by atoms with van der Waals surface area (Å²) in [6.45, 7) is 8.15. The number of carbonyl (C=O) groups excluding carboxylic acids is 1. The van der Waals surface area contributed by atoms with Gasteiger partial charge in [-0.2, -0.15) is 18.3 Å². The van der Waals surface area contributed by atoms with Crippen molar-refractivity contribution in [1.29, 1.82) is 0 Å². The van der Waals surface area contributed by atoms with E-state index in [2.05, 4.69) is 34.1 Å². The van der Waals surface area contributed by atoms with Crippen LogP contribution in [0.1, 0.15) is 54.3 Å². The normalized spacial score (nSPS) is 16.0. The molecule has 1 N–H and O–H groups in total. The molecule has 0 bridgehead atoms. The summed E-state index contributed by atoms with van der Waals surface area (Å²) in [5.41, 5.74) is 0.892. The molecule has 0 aliphatic carbocycles. The van der Waals surface area contributed by atoms with Crippen molar-refractivity contribution in [3.8, 4) is 0 Å². The second kappa shape index (κ2) is 8.95. The largest absolute Gasteiger partial charge is 0.416 e. The SMILES string of the molecule is Cc1nn(C2CCN(C(C)C)CC2)c2ncc(C(=O)Nc3ccc(C(F)(F)F)cc3)c(Cl)c12. The van der Waals surface area contributed by atoms with Crippen molar-refractivity contribution in [2.24, 2.45) is 0 Å². The Morgan fingerprint density at radius 1 is 1.18 bits per heavy atom. The van der Waals surface area contributed by atoms with E-state index in [1.54, 1.807) is 0 Å². The van der Waals surface area contributed by atoms with Crippen molar-refractivity contribution in [3.63, 3.8) is 0 Å². The molecule has 3 heterocycles. The number of pyridine rings is 1. The van der Waals surface area contributed by atoms with Crippen LogP contribution in [0.25, 0.3) is 11.0 Å². The van der Waals surface area contributed by atoms with Gasteiger partial charge in [-0.05, 0) is 57.9 Å². The standard InChI is InChI=1S/C23H25ClF3N5O/c1-13(2)31-10-8-17(9-11-31)32-21-19(14(3)30-32)20(24)18(12-28-21)22(33)29-16-6-4-15(5-7-16)23(25,26)27/h4-7,12-13,17H,8-11H2,1-3H3,(H,29,33). The number of alkyl halides is 3. The molecule has 0 atom stereocenters. The lowest BCUT2D eigenvalue weighted by atomic mass is 10.0. The Bertz CT molecular complexity index is 1170. The third-order valence-electron chi connectivity index (χ3n) is 6.12. The second-order valence-electron chi connectivity index (χ2n) is 8.60. The van der Waals surface area contributed by atoms with E-state index in [9.17, 15) is 18.0 Å². The number of fused-ring (bicyclic) bond motifs is 1. The summed E-state index contributed by atoms with van der Waals surface area (Å²) in [6, 6.07) is 4.93. The first kappa shape index (κ1) is 23.5. The number of nitrogens with one attached hydrogen (secondary N) is 1. The first-order chi connectivity index (χ1) is 15.6. The lowest BCUT2D eigenvalue weighted by molar-refractivity contribution is -0.137. The molecule has 1 amide bonds. The van der Waals surface area contributed by atoms with Crippen molar-refractivity contribution >= 4 is 34.2 Å². The number of piperidine rings is 1. The highest BCUT2D eigenvalue weighted by atomic mass is 35.5. The smallest absolute Gasteiger partial charge is 0.322 e. The molecule has 2 aromatic heterocycles. The topological polar surface area (TPSA) is 63.1 Å². The van der Waals surface area contributed by atoms with Gasteiger partial charge in [0.15, 0.2) is 5.65 Å². The van der Waals surface area contributed by atoms with E-state index in [1.165, 1.54) is 18.3 Å². The molecule has 33 heavy (non-hydrogen) atoms. The van der Waals surface area contributed by atoms with Gasteiger partial charge in [0.05, 0.1) is 33.3 Å². The van der Waals surface area contributed by atoms with Gasteiger partial charge in [-0.3, -0.25) is 4.79 Å². The fourth-order valence-electron chi connectivity index (χ4n) is 4.23. The Balaban J connectivity index is 1.57. The quantitative estimate of drug-likeness (QED) is 0.520. The van der Waals surface area contributed by atoms with Crippen LogP contribution in [0, 0.1) is 6.92 Å². The molecule has 1 saturated heterocycles. The maximum atomic E-state index is 12.8. The van der Waals surface area contributed by atoms with Gasteiger partial charge in [0.25, 0.3) is 5.91 Å². The average molecular weight is 480 g/mol. The van der Waals surface area contributed by atoms with Crippen LogP contribution >= 0.6 is 11.6 Å². The van der Waals surface area contributed by atoms with Crippen molar-refractivity contribution in [3.05, 3.63) is 52.3 Å². The minimum absolute atomic E-state index is 0.140. The van der Waals surface area contributed by atoms with Gasteiger partial charge in [-0.15, -0.1) is 0 Å². The molecule has 0 radical (unpaired) electrons. The molecule has 6 nitrogen and oxygen atoms in total. The van der Waals surface area contributed by atoms with Gasteiger partial charge >= 0.3 is 6.18 Å². The second-order valence-corrected chi connectivity index (χ2v) is 8.98. The number of rotatable bonds is 4. The van der Waals surface area contributed by atoms with Crippen molar-refractivity contribution in [2.75, 3.05) is 18.4 Å². The summed E-state index contributed by atoms with van der Waals surface area (Å²) in [4.78, 5) is 19.7. The average Bonchev–Trinajstić information content (AvgIpc) is 3.11. The van der Waals surface area contributed by atoms with E-state index in [1.807, 2.05) is 11.6 Å². The van der Waals surface area contributed by atoms with Crippen LogP contribution in [-0.2, 0) is 6.18 Å². The molecule has 0 unspecified atom stereocenters. The Labute approximate surface area is 194 Å². The summed E-state index contributed by atoms with van der Waals surface area (Å²) < 4.78 is 40.2. The molecule has 1 aliphatic rings. The minimum atomic E-state index is -4.44. The molecule has 1 aliphatic heterocycles. The molecule has 10 heteroatoms. The lowest BCUT2D eigenvalue weighted by Gasteiger charge is -2.34. The van der Waals surface area contributed by atoms with Gasteiger partial charge in [0, 0.05) is 31.0 Å². The van der Waals surface area contributed by atoms with E-state index in [-0.39, 0.29) is 22.3 Å². The van der Waals surface area contributed by atoms with Gasteiger partial charge in [-0.25, -0.2) is 9.67 Å². The van der Waals surface area contributed by atoms with E-state index in [0.29, 0.717) is 22.8 Å². The number of hydrogen-bond donors (Lipinski definition) is 1. The molecule has 4 rings (SSSR count). The zero-order chi connectivity index (χ0) is 23.9. The van der Waals surface area contributed by atoms with Crippen LogP contribution in [0.15, 0.2) is 30.5 Å². The van der Waals surface area contributed by atoms with Crippen LogP contribution in [0.5, 0.6) is 0 Å². The summed E-state index contributed by atoms with van der Waals surface area (Å²) in [5, 5.41) is 8.10. The van der Waals surface area contributed by atoms with E-state index >= 15 is 0 Å². The highest BCUT2D eigenvalue weighted by Crippen LogP contribution is 2.34. The highest BCUT2D eigenvalue weighted by molar-refractivity contribution is 6.39. The number of carbonyl (C=O) groups is 1. The number of anilines is 1. The Morgan fingerprint density at radius 2 is 1.82 bits per heavy atom. The van der Waals surface area contributed by atoms with Crippen LogP contribution in [-0.4, -0.2) is 44.7 Å². The summed E-state index contributed by atoms with van der Waals surface area (Å²) in [6.07, 6.45) is -1.15. The first-order valence-corrected chi connectivity index (χ1v) is 11.2. The van der Waals surface area contributed by atoms with Crippen LogP contribution in [0.4, 0.5) is 18.9 Å². The number of likely N-dealkylation sites (tertiary alicyclic amines) is 1. The third-order valence-corrected chi connectivity index (χ3v) is 6.51. The number of aryl methyl sites for hydroxylation is 1. The summed E-state index contributed by atoms with van der Waals surface area (Å²) >= 11 is 6.60. The predicted octanol–water partition coefficient (Wildman–Crippen LogP) is 5.71. The van der Waals surface area contributed by atoms with Crippen molar-refractivity contribution in [2.45, 2.75) is 51.9 Å². The van der Waals surface area contributed by atoms with Crippen LogP contribution < -0.4 is 5.32 Å². The number of aromatic nitrogens is 3. The maximum Gasteiger partial charge on any atom is 0.416 e. The Kier molecular flexibility index (Phi) is 6.37. The molecule has 0 saturated carbocycles. The molecular formula is C23H25ClF3N5O. The fraction of sp³-hybridized carbons (Fsp3) is 0.435. The van der Waals surface area contributed by atoms with Crippen LogP contribution in [0.2, 0.25) is 5.02 Å². The number of halogens is 4. The third kappa shape index (κ3) is 4.70. The van der Waals surface area contributed by atoms with E-state index < -0.39 is 17.6 Å². The number of hydrogen-bond acceptors (Lipinski definition) is 4. The molecule has 0 spiro atoms. The predicted molar refractivity (Wildman–Crippen MR) is 122 cm³/mol. The molecule has 176 valence electrons. The zero-order valence-electron chi connectivity index (χ0n) is 18.6. The lowest BCUT2D eigenvalue weighted by Crippen LogP contribution is -2.39. The van der Waals surface area contributed by atoms with Crippen molar-refractivity contribution < 1.29 is 18.0 Å². The summed E-state index contributed by atoms with van der Waals surface area (Å²) in [5.74, 6) is -0.549. The summed E-state index contributed by atoms with van der Waals surface area (Å²) in [7, 11) is 0. The molecule has 1 fully saturated rings. The van der Waals surface area contributed by atoms with Gasteiger partial charge in [0.2, 0.25) is 0 Å². The highest BCUT2D eigenvalue weighted by Gasteiger charge is 2.30. The van der Waals surface area contributed by atoms with Crippen molar-refractivity contribution in [1.82, 2.24) is 19.7 Å². The Morgan fingerprint density at radius 3 is 2.39 bits per heavy atom. The number of amides is 1. The van der Waals surface area contributed by atoms with Crippen LogP contribution in [0.3, 0.4) is 0 Å². The number of benzene rings is 1. The van der Waals surface area contributed by atoms with Gasteiger partial charge < -0.3 is 10.2 Å². The first-order valence-electron chi connectivity index (χ1n) is 10.8. The zero-order valence-corrected chi connectivity index (χ0v) is 19.3. The fourth-order valence-corrected chi connectivity index (χ4v) is 4.59. The maximum absolute atomic E-state index is 12.8. The van der Waals surface area contributed by atoms with Gasteiger partial charge in [-0.1, -0.05) is 11.6 Å². The number of nitrogens with zero attached hydrogens (tertiary/aromatic N) is 4. The molecule has 1 aromatic carbocycles. The molecule has 3 aromatic rings. The Hall–Kier alpha value is -2.65. The van der Waals surface area contributed by atoms with E-state index in [4.69, 9.17) is 11.6 Å². The minimum Gasteiger partial charge on any atom is -0.322 e. The monoisotopic (exact) mass is 479 g/mol. The van der Waals surface area contributed by atoms with E-state index in [0.717, 1.165) is 38.1 Å². The molecular weight excluding hydrogens is 455 g/mol.